The average molecular weight is 204 g/mol. The highest BCUT2D eigenvalue weighted by Crippen LogP contribution is 2.16. The fourth-order valence-electron chi connectivity index (χ4n) is 1.35. The number of aromatic nitrogens is 2. The molecule has 1 N–H and O–H groups in total. The van der Waals surface area contributed by atoms with Crippen LogP contribution in [0.25, 0.3) is 0 Å². The van der Waals surface area contributed by atoms with Crippen LogP contribution in [0.4, 0.5) is 0 Å². The zero-order valence-electron chi connectivity index (χ0n) is 8.03. The SMILES string of the molecule is CSc1ccc(Cc2cn[nH]c2)cc1. The van der Waals surface area contributed by atoms with E-state index >= 15 is 0 Å². The second-order valence-electron chi connectivity index (χ2n) is 3.13. The number of rotatable bonds is 3. The van der Waals surface area contributed by atoms with Crippen LogP contribution < -0.4 is 0 Å². The zero-order valence-corrected chi connectivity index (χ0v) is 8.84. The summed E-state index contributed by atoms with van der Waals surface area (Å²) in [6, 6.07) is 8.64. The minimum absolute atomic E-state index is 0.950. The molecule has 14 heavy (non-hydrogen) atoms. The predicted octanol–water partition coefficient (Wildman–Crippen LogP) is 2.72. The maximum absolute atomic E-state index is 3.92. The second-order valence-corrected chi connectivity index (χ2v) is 4.01. The van der Waals surface area contributed by atoms with Crippen molar-refractivity contribution in [1.82, 2.24) is 10.2 Å². The largest absolute Gasteiger partial charge is 0.285 e. The van der Waals surface area contributed by atoms with E-state index in [4.69, 9.17) is 0 Å². The van der Waals surface area contributed by atoms with Gasteiger partial charge in [-0.1, -0.05) is 12.1 Å². The van der Waals surface area contributed by atoms with Crippen LogP contribution in [-0.2, 0) is 6.42 Å². The summed E-state index contributed by atoms with van der Waals surface area (Å²) >= 11 is 1.77. The molecule has 72 valence electrons. The Morgan fingerprint density at radius 3 is 2.57 bits per heavy atom. The molecule has 0 spiro atoms. The first-order chi connectivity index (χ1) is 6.88. The van der Waals surface area contributed by atoms with Crippen molar-refractivity contribution >= 4 is 11.8 Å². The molecule has 0 amide bonds. The number of nitrogens with one attached hydrogen (secondary N) is 1. The lowest BCUT2D eigenvalue weighted by atomic mass is 10.1. The number of hydrogen-bond donors (Lipinski definition) is 1. The molecule has 1 aromatic carbocycles. The van der Waals surface area contributed by atoms with Gasteiger partial charge in [-0.05, 0) is 29.5 Å². The summed E-state index contributed by atoms with van der Waals surface area (Å²) < 4.78 is 0. The third-order valence-electron chi connectivity index (χ3n) is 2.12. The topological polar surface area (TPSA) is 28.7 Å². The molecule has 0 radical (unpaired) electrons. The Morgan fingerprint density at radius 1 is 1.21 bits per heavy atom. The Balaban J connectivity index is 2.10. The molecule has 2 rings (SSSR count). The Morgan fingerprint density at radius 2 is 2.00 bits per heavy atom. The molecule has 0 bridgehead atoms. The normalized spacial score (nSPS) is 10.4. The first kappa shape index (κ1) is 9.34. The summed E-state index contributed by atoms with van der Waals surface area (Å²) in [6.45, 7) is 0. The molecule has 0 fully saturated rings. The third-order valence-corrected chi connectivity index (χ3v) is 2.87. The fourth-order valence-corrected chi connectivity index (χ4v) is 1.76. The lowest BCUT2D eigenvalue weighted by Crippen LogP contribution is -1.84. The monoisotopic (exact) mass is 204 g/mol. The van der Waals surface area contributed by atoms with E-state index in [1.807, 2.05) is 12.4 Å². The predicted molar refractivity (Wildman–Crippen MR) is 59.6 cm³/mol. The van der Waals surface area contributed by atoms with Crippen LogP contribution in [0.15, 0.2) is 41.6 Å². The molecule has 2 aromatic rings. The van der Waals surface area contributed by atoms with E-state index in [1.165, 1.54) is 16.0 Å². The molecule has 1 heterocycles. The Labute approximate surface area is 87.7 Å². The molecule has 0 aliphatic carbocycles. The third kappa shape index (κ3) is 2.17. The van der Waals surface area contributed by atoms with E-state index in [2.05, 4.69) is 40.7 Å². The van der Waals surface area contributed by atoms with Crippen LogP contribution in [0.3, 0.4) is 0 Å². The van der Waals surface area contributed by atoms with Crippen LogP contribution in [0.1, 0.15) is 11.1 Å². The Kier molecular flexibility index (Phi) is 2.89. The van der Waals surface area contributed by atoms with Gasteiger partial charge in [0.1, 0.15) is 0 Å². The van der Waals surface area contributed by atoms with Gasteiger partial charge in [-0.3, -0.25) is 5.10 Å². The van der Waals surface area contributed by atoms with Gasteiger partial charge in [0, 0.05) is 17.5 Å². The average Bonchev–Trinajstić information content (AvgIpc) is 2.72. The van der Waals surface area contributed by atoms with Crippen LogP contribution in [-0.4, -0.2) is 16.5 Å². The zero-order chi connectivity index (χ0) is 9.80. The summed E-state index contributed by atoms with van der Waals surface area (Å²) in [6.07, 6.45) is 6.83. The maximum Gasteiger partial charge on any atom is 0.0522 e. The van der Waals surface area contributed by atoms with E-state index in [0.29, 0.717) is 0 Å². The summed E-state index contributed by atoms with van der Waals surface area (Å²) in [5.74, 6) is 0. The number of nitrogens with zero attached hydrogens (tertiary/aromatic N) is 1. The minimum Gasteiger partial charge on any atom is -0.285 e. The molecular formula is C11H12N2S. The van der Waals surface area contributed by atoms with Gasteiger partial charge in [-0.25, -0.2) is 0 Å². The van der Waals surface area contributed by atoms with Crippen molar-refractivity contribution < 1.29 is 0 Å². The highest BCUT2D eigenvalue weighted by molar-refractivity contribution is 7.98. The molecular weight excluding hydrogens is 192 g/mol. The lowest BCUT2D eigenvalue weighted by Gasteiger charge is -2.00. The van der Waals surface area contributed by atoms with Gasteiger partial charge in [0.25, 0.3) is 0 Å². The first-order valence-electron chi connectivity index (χ1n) is 4.49. The maximum atomic E-state index is 3.92. The van der Waals surface area contributed by atoms with Gasteiger partial charge >= 0.3 is 0 Å². The minimum atomic E-state index is 0.950. The van der Waals surface area contributed by atoms with Crippen molar-refractivity contribution in [2.24, 2.45) is 0 Å². The fraction of sp³-hybridized carbons (Fsp3) is 0.182. The van der Waals surface area contributed by atoms with Crippen molar-refractivity contribution in [3.05, 3.63) is 47.8 Å². The smallest absolute Gasteiger partial charge is 0.0522 e. The van der Waals surface area contributed by atoms with E-state index < -0.39 is 0 Å². The molecule has 3 heteroatoms. The van der Waals surface area contributed by atoms with Crippen molar-refractivity contribution in [2.75, 3.05) is 6.26 Å². The quantitative estimate of drug-likeness (QED) is 0.779. The molecule has 0 saturated heterocycles. The van der Waals surface area contributed by atoms with Crippen LogP contribution in [0.5, 0.6) is 0 Å². The van der Waals surface area contributed by atoms with Crippen molar-refractivity contribution in [2.45, 2.75) is 11.3 Å². The van der Waals surface area contributed by atoms with Crippen molar-refractivity contribution in [1.29, 1.82) is 0 Å². The van der Waals surface area contributed by atoms with Crippen LogP contribution >= 0.6 is 11.8 Å². The van der Waals surface area contributed by atoms with Gasteiger partial charge in [0.15, 0.2) is 0 Å². The number of thioether (sulfide) groups is 1. The van der Waals surface area contributed by atoms with E-state index in [9.17, 15) is 0 Å². The highest BCUT2D eigenvalue weighted by Gasteiger charge is 1.97. The second kappa shape index (κ2) is 4.33. The number of benzene rings is 1. The molecule has 0 unspecified atom stereocenters. The van der Waals surface area contributed by atoms with Crippen LogP contribution in [0, 0.1) is 0 Å². The van der Waals surface area contributed by atoms with Crippen molar-refractivity contribution in [3.63, 3.8) is 0 Å². The number of H-pyrrole nitrogens is 1. The molecule has 0 aliphatic heterocycles. The standard InChI is InChI=1S/C11H12N2S/c1-14-11-4-2-9(3-5-11)6-10-7-12-13-8-10/h2-5,7-8H,6H2,1H3,(H,12,13). The highest BCUT2D eigenvalue weighted by atomic mass is 32.2. The summed E-state index contributed by atoms with van der Waals surface area (Å²) in [5.41, 5.74) is 2.55. The molecule has 0 atom stereocenters. The summed E-state index contributed by atoms with van der Waals surface area (Å²) in [7, 11) is 0. The van der Waals surface area contributed by atoms with Gasteiger partial charge in [-0.2, -0.15) is 5.10 Å². The van der Waals surface area contributed by atoms with Gasteiger partial charge < -0.3 is 0 Å². The van der Waals surface area contributed by atoms with Crippen LogP contribution in [0.2, 0.25) is 0 Å². The number of hydrogen-bond acceptors (Lipinski definition) is 2. The Hall–Kier alpha value is -1.22. The van der Waals surface area contributed by atoms with E-state index in [1.54, 1.807) is 11.8 Å². The summed E-state index contributed by atoms with van der Waals surface area (Å²) in [5, 5.41) is 6.74. The molecule has 0 aliphatic rings. The van der Waals surface area contributed by atoms with E-state index in [0.717, 1.165) is 6.42 Å². The van der Waals surface area contributed by atoms with Gasteiger partial charge in [0.05, 0.1) is 6.20 Å². The van der Waals surface area contributed by atoms with Gasteiger partial charge in [0.2, 0.25) is 0 Å². The molecule has 2 nitrogen and oxygen atoms in total. The number of aromatic amines is 1. The Bertz CT molecular complexity index is 378. The van der Waals surface area contributed by atoms with Gasteiger partial charge in [-0.15, -0.1) is 11.8 Å². The van der Waals surface area contributed by atoms with E-state index in [-0.39, 0.29) is 0 Å². The summed E-state index contributed by atoms with van der Waals surface area (Å²) in [4.78, 5) is 1.31. The molecule has 1 aromatic heterocycles. The molecule has 0 saturated carbocycles. The van der Waals surface area contributed by atoms with Crippen molar-refractivity contribution in [3.8, 4) is 0 Å². The lowest BCUT2D eigenvalue weighted by molar-refractivity contribution is 1.09. The first-order valence-corrected chi connectivity index (χ1v) is 5.71.